The number of aromatic amines is 1. The first-order valence-electron chi connectivity index (χ1n) is 12.9. The lowest BCUT2D eigenvalue weighted by molar-refractivity contribution is -0.132. The summed E-state index contributed by atoms with van der Waals surface area (Å²) in [5.74, 6) is 0.864. The summed E-state index contributed by atoms with van der Waals surface area (Å²) in [7, 11) is 3.94. The SMILES string of the molecule is CC(C)c1ccc([C@](O)(c2cncc(-c3cc(C4CCC(=O)N(C)C4)[nH]n3)c2)C2(C)CN(C)C2)cc1. The Labute approximate surface area is 213 Å². The molecule has 1 aromatic carbocycles. The second-order valence-electron chi connectivity index (χ2n) is 11.4. The van der Waals surface area contributed by atoms with E-state index in [4.69, 9.17) is 0 Å². The van der Waals surface area contributed by atoms with E-state index in [0.717, 1.165) is 47.6 Å². The average Bonchev–Trinajstić information content (AvgIpc) is 3.35. The topological polar surface area (TPSA) is 85.3 Å². The van der Waals surface area contributed by atoms with Crippen LogP contribution in [0.5, 0.6) is 0 Å². The minimum absolute atomic E-state index is 0.193. The van der Waals surface area contributed by atoms with E-state index in [0.29, 0.717) is 18.9 Å². The molecular formula is C29H37N5O2. The van der Waals surface area contributed by atoms with E-state index in [1.807, 2.05) is 13.1 Å². The van der Waals surface area contributed by atoms with Crippen molar-refractivity contribution in [2.45, 2.75) is 51.0 Å². The van der Waals surface area contributed by atoms with Crippen molar-refractivity contribution in [3.63, 3.8) is 0 Å². The molecule has 2 aliphatic rings. The maximum Gasteiger partial charge on any atom is 0.222 e. The van der Waals surface area contributed by atoms with Gasteiger partial charge in [-0.15, -0.1) is 0 Å². The summed E-state index contributed by atoms with van der Waals surface area (Å²) in [6, 6.07) is 12.5. The van der Waals surface area contributed by atoms with Gasteiger partial charge in [0, 0.05) is 73.7 Å². The first-order chi connectivity index (χ1) is 17.1. The zero-order valence-corrected chi connectivity index (χ0v) is 22.0. The van der Waals surface area contributed by atoms with E-state index in [1.54, 1.807) is 17.3 Å². The largest absolute Gasteiger partial charge is 0.380 e. The number of likely N-dealkylation sites (N-methyl/N-ethyl adjacent to an activating group) is 1. The van der Waals surface area contributed by atoms with Gasteiger partial charge in [-0.2, -0.15) is 5.10 Å². The van der Waals surface area contributed by atoms with Crippen molar-refractivity contribution in [3.05, 3.63) is 71.2 Å². The van der Waals surface area contributed by atoms with Crippen molar-refractivity contribution in [2.75, 3.05) is 33.7 Å². The normalized spacial score (nSPS) is 21.9. The van der Waals surface area contributed by atoms with Crippen LogP contribution in [0.25, 0.3) is 11.3 Å². The Hall–Kier alpha value is -3.03. The molecule has 0 bridgehead atoms. The molecule has 4 heterocycles. The number of carbonyl (C=O) groups is 1. The number of carbonyl (C=O) groups excluding carboxylic acids is 1. The lowest BCUT2D eigenvalue weighted by Crippen LogP contribution is -2.63. The number of aromatic nitrogens is 3. The summed E-state index contributed by atoms with van der Waals surface area (Å²) in [6.45, 7) is 8.79. The Kier molecular flexibility index (Phi) is 6.25. The second-order valence-corrected chi connectivity index (χ2v) is 11.4. The highest BCUT2D eigenvalue weighted by Crippen LogP contribution is 2.50. The van der Waals surface area contributed by atoms with E-state index in [2.05, 4.69) is 78.2 Å². The number of likely N-dealkylation sites (tertiary alicyclic amines) is 2. The summed E-state index contributed by atoms with van der Waals surface area (Å²) in [4.78, 5) is 20.5. The third-order valence-corrected chi connectivity index (χ3v) is 8.22. The molecule has 2 saturated heterocycles. The molecule has 1 amide bonds. The van der Waals surface area contributed by atoms with E-state index in [9.17, 15) is 9.90 Å². The molecule has 36 heavy (non-hydrogen) atoms. The molecule has 2 atom stereocenters. The molecule has 7 nitrogen and oxygen atoms in total. The molecule has 0 spiro atoms. The number of hydrogen-bond donors (Lipinski definition) is 2. The smallest absolute Gasteiger partial charge is 0.222 e. The number of aliphatic hydroxyl groups is 1. The van der Waals surface area contributed by atoms with Gasteiger partial charge >= 0.3 is 0 Å². The summed E-state index contributed by atoms with van der Waals surface area (Å²) >= 11 is 0. The highest BCUT2D eigenvalue weighted by molar-refractivity contribution is 5.77. The van der Waals surface area contributed by atoms with Crippen LogP contribution in [0.1, 0.15) is 67.8 Å². The molecule has 0 saturated carbocycles. The molecule has 0 radical (unpaired) electrons. The Morgan fingerprint density at radius 1 is 1.11 bits per heavy atom. The number of nitrogens with one attached hydrogen (secondary N) is 1. The van der Waals surface area contributed by atoms with Crippen LogP contribution in [0.3, 0.4) is 0 Å². The fourth-order valence-corrected chi connectivity index (χ4v) is 6.08. The fourth-order valence-electron chi connectivity index (χ4n) is 6.08. The standard InChI is InChI=1S/C29H37N5O2/c1-19(2)20-6-9-23(10-7-20)29(36,28(3)17-33(4)18-28)24-12-22(14-30-15-24)26-13-25(31-32-26)21-8-11-27(35)34(5)16-21/h6-7,9-10,12-15,19,21,36H,8,11,16-18H2,1-5H3,(H,31,32)/t21?,29-/m0/s1. The minimum atomic E-state index is -1.19. The van der Waals surface area contributed by atoms with Gasteiger partial charge in [0.1, 0.15) is 5.60 Å². The van der Waals surface area contributed by atoms with Crippen molar-refractivity contribution >= 4 is 5.91 Å². The van der Waals surface area contributed by atoms with Crippen LogP contribution < -0.4 is 0 Å². The lowest BCUT2D eigenvalue weighted by atomic mass is 9.62. The molecule has 2 aliphatic heterocycles. The van der Waals surface area contributed by atoms with E-state index < -0.39 is 5.60 Å². The highest BCUT2D eigenvalue weighted by atomic mass is 16.3. The van der Waals surface area contributed by atoms with Gasteiger partial charge in [0.05, 0.1) is 5.69 Å². The lowest BCUT2D eigenvalue weighted by Gasteiger charge is -2.55. The van der Waals surface area contributed by atoms with E-state index in [1.165, 1.54) is 5.56 Å². The summed E-state index contributed by atoms with van der Waals surface area (Å²) in [5, 5.41) is 20.3. The summed E-state index contributed by atoms with van der Waals surface area (Å²) in [6.07, 6.45) is 4.97. The van der Waals surface area contributed by atoms with E-state index in [-0.39, 0.29) is 17.2 Å². The van der Waals surface area contributed by atoms with Crippen LogP contribution in [0.4, 0.5) is 0 Å². The second kappa shape index (κ2) is 9.12. The Bertz CT molecular complexity index is 1240. The molecule has 3 aromatic rings. The van der Waals surface area contributed by atoms with Gasteiger partial charge < -0.3 is 14.9 Å². The third kappa shape index (κ3) is 4.14. The number of hydrogen-bond acceptors (Lipinski definition) is 5. The Morgan fingerprint density at radius 3 is 2.47 bits per heavy atom. The molecule has 7 heteroatoms. The Morgan fingerprint density at radius 2 is 1.83 bits per heavy atom. The van der Waals surface area contributed by atoms with Crippen LogP contribution in [-0.4, -0.2) is 69.7 Å². The number of amides is 1. The van der Waals surface area contributed by atoms with Gasteiger partial charge in [-0.25, -0.2) is 0 Å². The zero-order chi connectivity index (χ0) is 25.7. The van der Waals surface area contributed by atoms with Gasteiger partial charge in [-0.1, -0.05) is 45.0 Å². The summed E-state index contributed by atoms with van der Waals surface area (Å²) < 4.78 is 0. The van der Waals surface area contributed by atoms with Crippen molar-refractivity contribution < 1.29 is 9.90 Å². The number of piperidine rings is 1. The first kappa shape index (κ1) is 24.7. The molecular weight excluding hydrogens is 450 g/mol. The van der Waals surface area contributed by atoms with Crippen molar-refractivity contribution in [1.29, 1.82) is 0 Å². The maximum absolute atomic E-state index is 12.5. The van der Waals surface area contributed by atoms with Gasteiger partial charge in [0.2, 0.25) is 5.91 Å². The molecule has 5 rings (SSSR count). The van der Waals surface area contributed by atoms with Crippen molar-refractivity contribution in [1.82, 2.24) is 25.0 Å². The highest BCUT2D eigenvalue weighted by Gasteiger charge is 2.55. The van der Waals surface area contributed by atoms with Gasteiger partial charge in [-0.3, -0.25) is 14.9 Å². The first-order valence-corrected chi connectivity index (χ1v) is 12.9. The average molecular weight is 488 g/mol. The molecule has 2 aromatic heterocycles. The van der Waals surface area contributed by atoms with Gasteiger partial charge in [0.25, 0.3) is 0 Å². The quantitative estimate of drug-likeness (QED) is 0.546. The minimum Gasteiger partial charge on any atom is -0.380 e. The summed E-state index contributed by atoms with van der Waals surface area (Å²) in [5.41, 5.74) is 4.07. The molecule has 190 valence electrons. The van der Waals surface area contributed by atoms with E-state index >= 15 is 0 Å². The predicted octanol–water partition coefficient (Wildman–Crippen LogP) is 4.12. The number of rotatable bonds is 6. The Balaban J connectivity index is 1.50. The van der Waals surface area contributed by atoms with Crippen molar-refractivity contribution in [3.8, 4) is 11.3 Å². The molecule has 2 fully saturated rings. The molecule has 2 N–H and O–H groups in total. The number of nitrogens with zero attached hydrogens (tertiary/aromatic N) is 4. The number of H-pyrrole nitrogens is 1. The monoisotopic (exact) mass is 487 g/mol. The van der Waals surface area contributed by atoms with Crippen LogP contribution in [0.2, 0.25) is 0 Å². The van der Waals surface area contributed by atoms with Crippen LogP contribution in [-0.2, 0) is 10.4 Å². The van der Waals surface area contributed by atoms with Crippen LogP contribution >= 0.6 is 0 Å². The van der Waals surface area contributed by atoms with Gasteiger partial charge in [-0.05, 0) is 42.6 Å². The fraction of sp³-hybridized carbons (Fsp3) is 0.483. The maximum atomic E-state index is 12.5. The van der Waals surface area contributed by atoms with Gasteiger partial charge in [0.15, 0.2) is 0 Å². The number of pyridine rings is 1. The van der Waals surface area contributed by atoms with Crippen LogP contribution in [0, 0.1) is 5.41 Å². The number of benzene rings is 1. The molecule has 1 unspecified atom stereocenters. The van der Waals surface area contributed by atoms with Crippen molar-refractivity contribution in [2.24, 2.45) is 5.41 Å². The van der Waals surface area contributed by atoms with Crippen LogP contribution in [0.15, 0.2) is 48.8 Å². The predicted molar refractivity (Wildman–Crippen MR) is 141 cm³/mol. The third-order valence-electron chi connectivity index (χ3n) is 8.22. The molecule has 0 aliphatic carbocycles. The zero-order valence-electron chi connectivity index (χ0n) is 22.0.